The third-order valence-corrected chi connectivity index (χ3v) is 9.24. The number of ether oxygens (including phenoxy) is 1. The molecule has 0 saturated heterocycles. The minimum absolute atomic E-state index is 0.278. The van der Waals surface area contributed by atoms with Crippen molar-refractivity contribution in [2.75, 3.05) is 18.7 Å². The Kier molecular flexibility index (Phi) is 14.2. The maximum absolute atomic E-state index is 12.3. The normalized spacial score (nSPS) is 14.9. The molecule has 0 aliphatic rings. The van der Waals surface area contributed by atoms with Crippen LogP contribution in [0.4, 0.5) is 5.82 Å². The molecule has 0 fully saturated rings. The first-order chi connectivity index (χ1) is 18.3. The summed E-state index contributed by atoms with van der Waals surface area (Å²) in [5.41, 5.74) is 6.95. The van der Waals surface area contributed by atoms with Gasteiger partial charge in [0.2, 0.25) is 0 Å². The average molecular weight is 557 g/mol. The highest BCUT2D eigenvalue weighted by atomic mass is 31.2. The molecular weight excluding hydrogens is 507 g/mol. The molecule has 0 bridgehead atoms. The van der Waals surface area contributed by atoms with Gasteiger partial charge in [0.05, 0.1) is 64.8 Å². The van der Waals surface area contributed by atoms with Crippen LogP contribution < -0.4 is 5.73 Å². The number of nitrogens with two attached hydrogens (primary N) is 1. The van der Waals surface area contributed by atoms with E-state index in [1.165, 1.54) is 64.1 Å². The largest absolute Gasteiger partial charge is 0.382 e. The maximum Gasteiger partial charge on any atom is 0.353 e. The monoisotopic (exact) mass is 557 g/mol. The van der Waals surface area contributed by atoms with Crippen LogP contribution in [-0.2, 0) is 20.4 Å². The van der Waals surface area contributed by atoms with E-state index in [9.17, 15) is 9.46 Å². The van der Waals surface area contributed by atoms with Crippen molar-refractivity contribution in [1.29, 1.82) is 0 Å². The zero-order valence-corrected chi connectivity index (χ0v) is 26.2. The van der Waals surface area contributed by atoms with Crippen molar-refractivity contribution < 1.29 is 18.7 Å². The van der Waals surface area contributed by atoms with Crippen molar-refractivity contribution in [3.63, 3.8) is 0 Å². The van der Waals surface area contributed by atoms with Gasteiger partial charge in [0.25, 0.3) is 0 Å². The van der Waals surface area contributed by atoms with Crippen molar-refractivity contribution in [3.8, 4) is 0 Å². The number of hydrogen-bond acceptors (Lipinski definition) is 7. The number of aromatic nitrogens is 4. The molecule has 9 nitrogen and oxygen atoms in total. The number of nitrogens with zero attached hydrogens (tertiary/aromatic N) is 4. The number of nitrogen functional groups attached to an aromatic ring is 1. The lowest BCUT2D eigenvalue weighted by molar-refractivity contribution is 0.0715. The second-order valence-electron chi connectivity index (χ2n) is 12.7. The Hall–Kier alpha value is -1.22. The summed E-state index contributed by atoms with van der Waals surface area (Å²) in [6.07, 6.45) is 17.1. The first kappa shape index (κ1) is 34.0. The number of hydrogen-bond donors (Lipinski definition) is 2. The number of unbranched alkanes of at least 4 members (excludes halogenated alkanes) is 10. The summed E-state index contributed by atoms with van der Waals surface area (Å²) >= 11 is 0. The molecule has 214 valence electrons. The van der Waals surface area contributed by atoms with E-state index >= 15 is 0 Å². The van der Waals surface area contributed by atoms with Crippen LogP contribution in [0.25, 0.3) is 11.2 Å². The highest BCUT2D eigenvalue weighted by molar-refractivity contribution is 7.52. The van der Waals surface area contributed by atoms with E-state index in [0.717, 1.165) is 19.3 Å². The Balaban J connectivity index is 1.44. The topological polar surface area (TPSA) is 125 Å². The maximum atomic E-state index is 12.3. The summed E-state index contributed by atoms with van der Waals surface area (Å²) in [5.74, 6) is 0.317. The van der Waals surface area contributed by atoms with Crippen LogP contribution in [0.1, 0.15) is 84.0 Å². The Bertz CT molecular complexity index is 1040. The van der Waals surface area contributed by atoms with Crippen LogP contribution in [0.5, 0.6) is 0 Å². The Labute approximate surface area is 240 Å². The third-order valence-electron chi connectivity index (χ3n) is 8.17. The van der Waals surface area contributed by atoms with Gasteiger partial charge in [0, 0.05) is 0 Å². The molecule has 0 aromatic carbocycles. The van der Waals surface area contributed by atoms with Crippen LogP contribution in [0, 0.1) is 0 Å². The van der Waals surface area contributed by atoms with E-state index in [1.54, 1.807) is 10.9 Å². The highest BCUT2D eigenvalue weighted by Gasteiger charge is 2.31. The molecular formula is C24H49B5N5O4P. The summed E-state index contributed by atoms with van der Waals surface area (Å²) in [6, 6.07) is 0. The average Bonchev–Trinajstić information content (AvgIpc) is 3.26. The second-order valence-corrected chi connectivity index (χ2v) is 14.5. The van der Waals surface area contributed by atoms with Gasteiger partial charge in [-0.25, -0.2) is 15.0 Å². The predicted molar refractivity (Wildman–Crippen MR) is 174 cm³/mol. The summed E-state index contributed by atoms with van der Waals surface area (Å²) in [4.78, 5) is 22.5. The molecule has 39 heavy (non-hydrogen) atoms. The summed E-state index contributed by atoms with van der Waals surface area (Å²) in [6.45, 7) is 2.52. The molecule has 0 radical (unpaired) electrons. The molecule has 1 unspecified atom stereocenters. The van der Waals surface area contributed by atoms with Crippen LogP contribution in [-0.4, -0.2) is 82.7 Å². The fourth-order valence-corrected chi connectivity index (χ4v) is 5.39. The summed E-state index contributed by atoms with van der Waals surface area (Å²) in [5, 5.41) is 0.775. The minimum atomic E-state index is -3.79. The molecule has 2 aromatic heterocycles. The van der Waals surface area contributed by atoms with Gasteiger partial charge in [-0.2, -0.15) is 0 Å². The van der Waals surface area contributed by atoms with Crippen molar-refractivity contribution in [3.05, 3.63) is 12.7 Å². The fourth-order valence-electron chi connectivity index (χ4n) is 4.46. The summed E-state index contributed by atoms with van der Waals surface area (Å²) in [7, 11) is 8.07. The van der Waals surface area contributed by atoms with Crippen molar-refractivity contribution in [2.24, 2.45) is 0 Å². The Morgan fingerprint density at radius 1 is 0.949 bits per heavy atom. The van der Waals surface area contributed by atoms with E-state index in [-0.39, 0.29) is 19.1 Å². The zero-order chi connectivity index (χ0) is 28.9. The van der Waals surface area contributed by atoms with Crippen LogP contribution in [0.2, 0.25) is 10.3 Å². The van der Waals surface area contributed by atoms with Gasteiger partial charge in [-0.05, 0) is 13.3 Å². The zero-order valence-electron chi connectivity index (χ0n) is 25.3. The summed E-state index contributed by atoms with van der Waals surface area (Å²) < 4.78 is 25.0. The number of fused-ring (bicyclic) bond motifs is 1. The number of anilines is 1. The first-order valence-electron chi connectivity index (χ1n) is 14.8. The second kappa shape index (κ2) is 16.3. The number of rotatable bonds is 21. The fraction of sp³-hybridized carbons (Fsp3) is 0.792. The highest BCUT2D eigenvalue weighted by Crippen LogP contribution is 2.43. The van der Waals surface area contributed by atoms with E-state index < -0.39 is 7.60 Å². The quantitative estimate of drug-likeness (QED) is 0.133. The molecule has 0 spiro atoms. The lowest BCUT2D eigenvalue weighted by Gasteiger charge is -2.40. The molecule has 0 amide bonds. The predicted octanol–water partition coefficient (Wildman–Crippen LogP) is 1.01. The van der Waals surface area contributed by atoms with E-state index in [2.05, 4.69) is 54.2 Å². The van der Waals surface area contributed by atoms with E-state index in [1.807, 2.05) is 6.92 Å². The first-order valence-corrected chi connectivity index (χ1v) is 16.6. The molecule has 0 aliphatic carbocycles. The van der Waals surface area contributed by atoms with Gasteiger partial charge in [-0.1, -0.05) is 75.8 Å². The third kappa shape index (κ3) is 12.5. The van der Waals surface area contributed by atoms with Gasteiger partial charge in [0.1, 0.15) is 18.2 Å². The molecule has 2 atom stereocenters. The van der Waals surface area contributed by atoms with Gasteiger partial charge in [-0.3, -0.25) is 4.57 Å². The van der Waals surface area contributed by atoms with Crippen LogP contribution in [0.15, 0.2) is 12.7 Å². The van der Waals surface area contributed by atoms with E-state index in [0.29, 0.717) is 33.9 Å². The van der Waals surface area contributed by atoms with Crippen molar-refractivity contribution >= 4 is 63.8 Å². The smallest absolute Gasteiger partial charge is 0.353 e. The number of imidazole rings is 1. The molecule has 2 rings (SSSR count). The lowest BCUT2D eigenvalue weighted by Crippen LogP contribution is -2.32. The molecule has 0 saturated carbocycles. The molecule has 2 aromatic rings. The molecule has 2 heterocycles. The standard InChI is InChI=1S/C24H49B5N5O4P/c1-19(15-34-17-33-20-21(30)31-16-32-22(20)34)37-18-39(35,36)38-14-12-10-8-6-4-2-3-5-7-9-11-13-23(25,26)24(27,28)29/h16-17,19H,2-15,18,25-29H2,1H3,(H,35,36)(H2,30,31,32)/t19-/m1/s1. The SMILES string of the molecule is BC(B)(B)C(B)(B)CCCCCCCCCCCCCOP(=O)(O)CO[C@H](C)Cn1cnc2c(N)ncnc21. The molecule has 15 heteroatoms. The van der Waals surface area contributed by atoms with Gasteiger partial charge in [-0.15, -0.1) is 5.11 Å². The Morgan fingerprint density at radius 3 is 2.10 bits per heavy atom. The van der Waals surface area contributed by atoms with Gasteiger partial charge in [0.15, 0.2) is 11.5 Å². The van der Waals surface area contributed by atoms with Gasteiger partial charge >= 0.3 is 7.60 Å². The van der Waals surface area contributed by atoms with Crippen molar-refractivity contribution in [2.45, 2.75) is 107 Å². The van der Waals surface area contributed by atoms with Gasteiger partial charge < -0.3 is 24.5 Å². The van der Waals surface area contributed by atoms with E-state index in [4.69, 9.17) is 15.0 Å². The van der Waals surface area contributed by atoms with Crippen LogP contribution in [0.3, 0.4) is 0 Å². The van der Waals surface area contributed by atoms with Crippen molar-refractivity contribution in [1.82, 2.24) is 19.5 Å². The van der Waals surface area contributed by atoms with Crippen LogP contribution >= 0.6 is 7.60 Å². The molecule has 0 aliphatic heterocycles. The molecule has 3 N–H and O–H groups in total. The Morgan fingerprint density at radius 2 is 1.51 bits per heavy atom. The minimum Gasteiger partial charge on any atom is -0.382 e. The lowest BCUT2D eigenvalue weighted by atomic mass is 9.22.